The van der Waals surface area contributed by atoms with Crippen LogP contribution in [-0.4, -0.2) is 11.7 Å². The Kier molecular flexibility index (Phi) is 3.06. The van der Waals surface area contributed by atoms with Gasteiger partial charge in [-0.05, 0) is 24.6 Å². The van der Waals surface area contributed by atoms with E-state index in [0.29, 0.717) is 5.69 Å². The third kappa shape index (κ3) is 2.78. The van der Waals surface area contributed by atoms with E-state index in [9.17, 15) is 0 Å². The van der Waals surface area contributed by atoms with E-state index in [4.69, 9.17) is 17.2 Å². The molecule has 0 saturated heterocycles. The number of rotatable bonds is 2. The summed E-state index contributed by atoms with van der Waals surface area (Å²) in [5, 5.41) is 7.39. The molecule has 0 aliphatic carbocycles. The van der Waals surface area contributed by atoms with Crippen LogP contribution in [0.4, 0.5) is 5.69 Å². The lowest BCUT2D eigenvalue weighted by Crippen LogP contribution is -2.22. The van der Waals surface area contributed by atoms with Gasteiger partial charge in [-0.3, -0.25) is 0 Å². The van der Waals surface area contributed by atoms with Crippen molar-refractivity contribution in [3.8, 4) is 0 Å². The molecule has 0 aliphatic rings. The van der Waals surface area contributed by atoms with Gasteiger partial charge in [0.15, 0.2) is 0 Å². The lowest BCUT2D eigenvalue weighted by molar-refractivity contribution is 1.20. The highest BCUT2D eigenvalue weighted by Crippen LogP contribution is 2.06. The fourth-order valence-electron chi connectivity index (χ4n) is 0.915. The molecule has 0 radical (unpaired) electrons. The van der Waals surface area contributed by atoms with Gasteiger partial charge in [0, 0.05) is 5.69 Å². The zero-order valence-electron chi connectivity index (χ0n) is 7.94. The third-order valence-electron chi connectivity index (χ3n) is 1.64. The highest BCUT2D eigenvalue weighted by molar-refractivity contribution is 5.99. The largest absolute Gasteiger partial charge is 0.399 e. The van der Waals surface area contributed by atoms with Crippen molar-refractivity contribution in [2.75, 3.05) is 5.73 Å². The molecule has 0 aromatic heterocycles. The second kappa shape index (κ2) is 4.27. The van der Waals surface area contributed by atoms with Crippen LogP contribution in [0.5, 0.6) is 0 Å². The summed E-state index contributed by atoms with van der Waals surface area (Å²) in [6.45, 7) is 1.82. The van der Waals surface area contributed by atoms with E-state index in [1.54, 1.807) is 12.1 Å². The first-order valence-corrected chi connectivity index (χ1v) is 4.08. The number of anilines is 1. The first-order valence-electron chi connectivity index (χ1n) is 4.08. The lowest BCUT2D eigenvalue weighted by Gasteiger charge is -1.98. The molecule has 0 unspecified atom stereocenters. The molecule has 0 aliphatic heterocycles. The molecule has 14 heavy (non-hydrogen) atoms. The Hall–Kier alpha value is -2.04. The summed E-state index contributed by atoms with van der Waals surface area (Å²) in [5.74, 6) is -0.0557. The summed E-state index contributed by atoms with van der Waals surface area (Å²) in [4.78, 5) is 0. The van der Waals surface area contributed by atoms with Crippen molar-refractivity contribution in [2.24, 2.45) is 21.7 Å². The molecule has 74 valence electrons. The number of hydrogen-bond acceptors (Lipinski definition) is 3. The number of nitrogen functional groups attached to an aromatic ring is 1. The van der Waals surface area contributed by atoms with Gasteiger partial charge in [0.2, 0.25) is 5.96 Å². The lowest BCUT2D eigenvalue weighted by atomic mass is 10.1. The Morgan fingerprint density at radius 1 is 1.07 bits per heavy atom. The highest BCUT2D eigenvalue weighted by Gasteiger charge is 1.95. The molecule has 1 aromatic rings. The van der Waals surface area contributed by atoms with Gasteiger partial charge in [-0.25, -0.2) is 0 Å². The minimum Gasteiger partial charge on any atom is -0.399 e. The van der Waals surface area contributed by atoms with Crippen molar-refractivity contribution >= 4 is 17.4 Å². The molecule has 5 heteroatoms. The number of hydrogen-bond donors (Lipinski definition) is 3. The van der Waals surface area contributed by atoms with Crippen LogP contribution in [0.25, 0.3) is 0 Å². The van der Waals surface area contributed by atoms with Gasteiger partial charge in [-0.1, -0.05) is 12.1 Å². The molecular formula is C9H13N5. The molecule has 0 spiro atoms. The van der Waals surface area contributed by atoms with Gasteiger partial charge < -0.3 is 17.2 Å². The number of guanidine groups is 1. The number of nitrogens with two attached hydrogens (primary N) is 3. The van der Waals surface area contributed by atoms with Crippen molar-refractivity contribution in [3.63, 3.8) is 0 Å². The van der Waals surface area contributed by atoms with Crippen LogP contribution in [0.1, 0.15) is 12.5 Å². The molecule has 0 atom stereocenters. The molecule has 0 fully saturated rings. The standard InChI is InChI=1S/C9H13N5/c1-6(13-14-9(11)12)7-2-4-8(10)5-3-7/h2-5H,10H2,1H3,(H4,11,12,14)/b13-6-. The molecule has 6 N–H and O–H groups in total. The van der Waals surface area contributed by atoms with Gasteiger partial charge in [-0.2, -0.15) is 5.10 Å². The minimum atomic E-state index is -0.0557. The Morgan fingerprint density at radius 3 is 2.14 bits per heavy atom. The van der Waals surface area contributed by atoms with E-state index in [1.165, 1.54) is 0 Å². The van der Waals surface area contributed by atoms with Crippen LogP contribution in [0.3, 0.4) is 0 Å². The maximum atomic E-state index is 5.54. The normalized spacial score (nSPS) is 11.1. The summed E-state index contributed by atoms with van der Waals surface area (Å²) in [6, 6.07) is 7.31. The van der Waals surface area contributed by atoms with Gasteiger partial charge >= 0.3 is 0 Å². The van der Waals surface area contributed by atoms with Crippen molar-refractivity contribution in [2.45, 2.75) is 6.92 Å². The number of benzene rings is 1. The summed E-state index contributed by atoms with van der Waals surface area (Å²) < 4.78 is 0. The molecule has 0 amide bonds. The average Bonchev–Trinajstić information content (AvgIpc) is 2.15. The molecule has 0 bridgehead atoms. The van der Waals surface area contributed by atoms with Gasteiger partial charge in [-0.15, -0.1) is 5.10 Å². The number of nitrogens with zero attached hydrogens (tertiary/aromatic N) is 2. The predicted octanol–water partition coefficient (Wildman–Crippen LogP) is 0.266. The molecule has 5 nitrogen and oxygen atoms in total. The monoisotopic (exact) mass is 191 g/mol. The summed E-state index contributed by atoms with van der Waals surface area (Å²) in [6.07, 6.45) is 0. The summed E-state index contributed by atoms with van der Waals surface area (Å²) >= 11 is 0. The predicted molar refractivity (Wildman–Crippen MR) is 58.9 cm³/mol. The highest BCUT2D eigenvalue weighted by atomic mass is 15.3. The Morgan fingerprint density at radius 2 is 1.64 bits per heavy atom. The van der Waals surface area contributed by atoms with Crippen LogP contribution in [0.15, 0.2) is 34.5 Å². The fraction of sp³-hybridized carbons (Fsp3) is 0.111. The molecular weight excluding hydrogens is 178 g/mol. The van der Waals surface area contributed by atoms with Gasteiger partial charge in [0.05, 0.1) is 5.71 Å². The fourth-order valence-corrected chi connectivity index (χ4v) is 0.915. The SMILES string of the molecule is C/C(=N/N=C(N)N)c1ccc(N)cc1. The second-order valence-electron chi connectivity index (χ2n) is 2.83. The van der Waals surface area contributed by atoms with Crippen molar-refractivity contribution in [3.05, 3.63) is 29.8 Å². The summed E-state index contributed by atoms with van der Waals surface area (Å²) in [7, 11) is 0. The van der Waals surface area contributed by atoms with Crippen LogP contribution < -0.4 is 17.2 Å². The zero-order chi connectivity index (χ0) is 10.6. The molecule has 1 aromatic carbocycles. The van der Waals surface area contributed by atoms with Gasteiger partial charge in [0.1, 0.15) is 0 Å². The Labute approximate surface area is 82.3 Å². The Bertz CT molecular complexity index is 359. The van der Waals surface area contributed by atoms with E-state index in [-0.39, 0.29) is 5.96 Å². The topological polar surface area (TPSA) is 103 Å². The van der Waals surface area contributed by atoms with E-state index in [0.717, 1.165) is 11.3 Å². The van der Waals surface area contributed by atoms with Crippen LogP contribution >= 0.6 is 0 Å². The first kappa shape index (κ1) is 10.0. The van der Waals surface area contributed by atoms with Crippen LogP contribution in [0.2, 0.25) is 0 Å². The van der Waals surface area contributed by atoms with Crippen LogP contribution in [-0.2, 0) is 0 Å². The quantitative estimate of drug-likeness (QED) is 0.270. The Balaban J connectivity index is 2.89. The van der Waals surface area contributed by atoms with Gasteiger partial charge in [0.25, 0.3) is 0 Å². The van der Waals surface area contributed by atoms with Crippen molar-refractivity contribution in [1.29, 1.82) is 0 Å². The average molecular weight is 191 g/mol. The smallest absolute Gasteiger partial charge is 0.211 e. The van der Waals surface area contributed by atoms with E-state index in [1.807, 2.05) is 19.1 Å². The second-order valence-corrected chi connectivity index (χ2v) is 2.83. The molecule has 1 rings (SSSR count). The first-order chi connectivity index (χ1) is 6.59. The summed E-state index contributed by atoms with van der Waals surface area (Å²) in [5.41, 5.74) is 18.2. The zero-order valence-corrected chi connectivity index (χ0v) is 7.94. The minimum absolute atomic E-state index is 0.0557. The van der Waals surface area contributed by atoms with E-state index >= 15 is 0 Å². The van der Waals surface area contributed by atoms with E-state index in [2.05, 4.69) is 10.2 Å². The van der Waals surface area contributed by atoms with Crippen molar-refractivity contribution in [1.82, 2.24) is 0 Å². The van der Waals surface area contributed by atoms with E-state index < -0.39 is 0 Å². The molecule has 0 saturated carbocycles. The maximum absolute atomic E-state index is 5.54. The molecule has 0 heterocycles. The maximum Gasteiger partial charge on any atom is 0.211 e. The van der Waals surface area contributed by atoms with Crippen LogP contribution in [0, 0.1) is 0 Å². The van der Waals surface area contributed by atoms with Crippen molar-refractivity contribution < 1.29 is 0 Å². The third-order valence-corrected chi connectivity index (χ3v) is 1.64.